The molecule has 0 fully saturated rings. The molecule has 0 spiro atoms. The largest absolute Gasteiger partial charge is 0.376 e. The maximum absolute atomic E-state index is 11.4. The van der Waals surface area contributed by atoms with Crippen molar-refractivity contribution in [3.8, 4) is 6.07 Å². The molecule has 1 aromatic carbocycles. The van der Waals surface area contributed by atoms with E-state index >= 15 is 0 Å². The van der Waals surface area contributed by atoms with Crippen LogP contribution in [0.1, 0.15) is 19.4 Å². The molecule has 19 heavy (non-hydrogen) atoms. The lowest BCUT2D eigenvalue weighted by molar-refractivity contribution is -0.385. The van der Waals surface area contributed by atoms with Gasteiger partial charge < -0.3 is 10.6 Å². The third kappa shape index (κ3) is 4.27. The molecule has 100 valence electrons. The summed E-state index contributed by atoms with van der Waals surface area (Å²) in [5.41, 5.74) is 0.194. The van der Waals surface area contributed by atoms with E-state index in [0.29, 0.717) is 5.69 Å². The highest BCUT2D eigenvalue weighted by Crippen LogP contribution is 2.21. The quantitative estimate of drug-likeness (QED) is 0.616. The minimum atomic E-state index is -0.617. The van der Waals surface area contributed by atoms with Crippen LogP contribution in [-0.2, 0) is 4.79 Å². The maximum atomic E-state index is 11.4. The summed E-state index contributed by atoms with van der Waals surface area (Å²) in [6.45, 7) is 3.73. The summed E-state index contributed by atoms with van der Waals surface area (Å²) < 4.78 is 0. The van der Waals surface area contributed by atoms with E-state index in [1.165, 1.54) is 18.2 Å². The highest BCUT2D eigenvalue weighted by molar-refractivity contribution is 5.81. The number of rotatable bonds is 5. The van der Waals surface area contributed by atoms with Gasteiger partial charge in [0.25, 0.3) is 5.69 Å². The third-order valence-corrected chi connectivity index (χ3v) is 2.22. The number of nitro benzene ring substituents is 1. The molecular weight excluding hydrogens is 248 g/mol. The van der Waals surface area contributed by atoms with Crippen molar-refractivity contribution in [2.24, 2.45) is 0 Å². The van der Waals surface area contributed by atoms with Crippen molar-refractivity contribution in [1.29, 1.82) is 5.26 Å². The lowest BCUT2D eigenvalue weighted by Crippen LogP contribution is -2.34. The zero-order chi connectivity index (χ0) is 14.4. The van der Waals surface area contributed by atoms with Crippen LogP contribution in [0.3, 0.4) is 0 Å². The zero-order valence-electron chi connectivity index (χ0n) is 10.6. The predicted octanol–water partition coefficient (Wildman–Crippen LogP) is 1.40. The molecule has 7 heteroatoms. The summed E-state index contributed by atoms with van der Waals surface area (Å²) in [4.78, 5) is 21.4. The van der Waals surface area contributed by atoms with E-state index < -0.39 is 4.92 Å². The minimum Gasteiger partial charge on any atom is -0.376 e. The van der Waals surface area contributed by atoms with Gasteiger partial charge in [0, 0.05) is 17.8 Å². The van der Waals surface area contributed by atoms with Crippen LogP contribution < -0.4 is 10.6 Å². The Kier molecular flexibility index (Phi) is 4.83. The highest BCUT2D eigenvalue weighted by atomic mass is 16.6. The fourth-order valence-electron chi connectivity index (χ4n) is 1.45. The van der Waals surface area contributed by atoms with Gasteiger partial charge in [-0.2, -0.15) is 5.26 Å². The maximum Gasteiger partial charge on any atom is 0.287 e. The SMILES string of the molecule is CC(C)NC(=O)CNc1ccc([N+](=O)[O-])c(C#N)c1. The second-order valence-electron chi connectivity index (χ2n) is 4.18. The number of hydrogen-bond donors (Lipinski definition) is 2. The van der Waals surface area contributed by atoms with Gasteiger partial charge in [-0.3, -0.25) is 14.9 Å². The molecule has 7 nitrogen and oxygen atoms in total. The van der Waals surface area contributed by atoms with Crippen LogP contribution >= 0.6 is 0 Å². The monoisotopic (exact) mass is 262 g/mol. The average molecular weight is 262 g/mol. The molecule has 0 radical (unpaired) electrons. The number of nitrogens with zero attached hydrogens (tertiary/aromatic N) is 2. The van der Waals surface area contributed by atoms with E-state index in [4.69, 9.17) is 5.26 Å². The fourth-order valence-corrected chi connectivity index (χ4v) is 1.45. The fraction of sp³-hybridized carbons (Fsp3) is 0.333. The van der Waals surface area contributed by atoms with E-state index in [0.717, 1.165) is 0 Å². The number of carbonyl (C=O) groups excluding carboxylic acids is 1. The molecule has 0 unspecified atom stereocenters. The summed E-state index contributed by atoms with van der Waals surface area (Å²) in [6, 6.07) is 5.84. The average Bonchev–Trinajstić information content (AvgIpc) is 2.34. The van der Waals surface area contributed by atoms with Gasteiger partial charge in [0.1, 0.15) is 11.6 Å². The molecular formula is C12H14N4O3. The van der Waals surface area contributed by atoms with Crippen LogP contribution in [-0.4, -0.2) is 23.4 Å². The van der Waals surface area contributed by atoms with E-state index in [1.54, 1.807) is 6.07 Å². The molecule has 0 aliphatic carbocycles. The van der Waals surface area contributed by atoms with Crippen molar-refractivity contribution in [2.45, 2.75) is 19.9 Å². The van der Waals surface area contributed by atoms with E-state index in [9.17, 15) is 14.9 Å². The second kappa shape index (κ2) is 6.35. The van der Waals surface area contributed by atoms with E-state index in [2.05, 4.69) is 10.6 Å². The van der Waals surface area contributed by atoms with Crippen molar-refractivity contribution in [2.75, 3.05) is 11.9 Å². The van der Waals surface area contributed by atoms with Crippen molar-refractivity contribution < 1.29 is 9.72 Å². The summed E-state index contributed by atoms with van der Waals surface area (Å²) in [5, 5.41) is 25.0. The first-order chi connectivity index (χ1) is 8.93. The Hall–Kier alpha value is -2.62. The van der Waals surface area contributed by atoms with Crippen molar-refractivity contribution in [3.05, 3.63) is 33.9 Å². The molecule has 0 atom stereocenters. The summed E-state index contributed by atoms with van der Waals surface area (Å²) in [6.07, 6.45) is 0. The van der Waals surface area contributed by atoms with Crippen LogP contribution in [0.2, 0.25) is 0 Å². The Balaban J connectivity index is 2.74. The predicted molar refractivity (Wildman–Crippen MR) is 69.6 cm³/mol. The number of hydrogen-bond acceptors (Lipinski definition) is 5. The first-order valence-electron chi connectivity index (χ1n) is 5.66. The lowest BCUT2D eigenvalue weighted by atomic mass is 10.2. The number of nitriles is 1. The van der Waals surface area contributed by atoms with Crippen LogP contribution in [0.15, 0.2) is 18.2 Å². The van der Waals surface area contributed by atoms with E-state index in [1.807, 2.05) is 13.8 Å². The molecule has 1 aromatic rings. The Labute approximate surface area is 110 Å². The molecule has 0 saturated carbocycles. The molecule has 0 aliphatic rings. The number of nitrogens with one attached hydrogen (secondary N) is 2. The molecule has 0 bridgehead atoms. The molecule has 0 saturated heterocycles. The smallest absolute Gasteiger partial charge is 0.287 e. The molecule has 0 aromatic heterocycles. The Morgan fingerprint density at radius 1 is 1.53 bits per heavy atom. The second-order valence-corrected chi connectivity index (χ2v) is 4.18. The molecule has 2 N–H and O–H groups in total. The standard InChI is InChI=1S/C12H14N4O3/c1-8(2)15-12(17)7-14-10-3-4-11(16(18)19)9(5-10)6-13/h3-5,8,14H,7H2,1-2H3,(H,15,17). The Morgan fingerprint density at radius 2 is 2.21 bits per heavy atom. The number of nitro groups is 1. The Bertz CT molecular complexity index is 534. The van der Waals surface area contributed by atoms with Crippen LogP contribution in [0, 0.1) is 21.4 Å². The van der Waals surface area contributed by atoms with Gasteiger partial charge in [-0.05, 0) is 26.0 Å². The number of anilines is 1. The van der Waals surface area contributed by atoms with Crippen molar-refractivity contribution in [3.63, 3.8) is 0 Å². The first kappa shape index (κ1) is 14.4. The molecule has 0 aliphatic heterocycles. The first-order valence-corrected chi connectivity index (χ1v) is 5.66. The molecule has 1 amide bonds. The summed E-state index contributed by atoms with van der Waals surface area (Å²) >= 11 is 0. The minimum absolute atomic E-state index is 0.0423. The Morgan fingerprint density at radius 3 is 2.74 bits per heavy atom. The highest BCUT2D eigenvalue weighted by Gasteiger charge is 2.13. The van der Waals surface area contributed by atoms with Gasteiger partial charge in [0.15, 0.2) is 0 Å². The molecule has 0 heterocycles. The van der Waals surface area contributed by atoms with Gasteiger partial charge in [-0.15, -0.1) is 0 Å². The summed E-state index contributed by atoms with van der Waals surface area (Å²) in [5.74, 6) is -0.188. The summed E-state index contributed by atoms with van der Waals surface area (Å²) in [7, 11) is 0. The van der Waals surface area contributed by atoms with Crippen molar-refractivity contribution in [1.82, 2.24) is 5.32 Å². The lowest BCUT2D eigenvalue weighted by Gasteiger charge is -2.10. The van der Waals surface area contributed by atoms with Crippen LogP contribution in [0.5, 0.6) is 0 Å². The van der Waals surface area contributed by atoms with Crippen molar-refractivity contribution >= 4 is 17.3 Å². The number of carbonyl (C=O) groups is 1. The van der Waals surface area contributed by atoms with Gasteiger partial charge in [-0.25, -0.2) is 0 Å². The number of benzene rings is 1. The number of amides is 1. The van der Waals surface area contributed by atoms with Gasteiger partial charge in [0.05, 0.1) is 11.5 Å². The zero-order valence-corrected chi connectivity index (χ0v) is 10.6. The van der Waals surface area contributed by atoms with Gasteiger partial charge in [0.2, 0.25) is 5.91 Å². The van der Waals surface area contributed by atoms with E-state index in [-0.39, 0.29) is 29.7 Å². The van der Waals surface area contributed by atoms with Gasteiger partial charge >= 0.3 is 0 Å². The normalized spacial score (nSPS) is 9.79. The topological polar surface area (TPSA) is 108 Å². The molecule has 1 rings (SSSR count). The third-order valence-electron chi connectivity index (χ3n) is 2.22. The van der Waals surface area contributed by atoms with Gasteiger partial charge in [-0.1, -0.05) is 0 Å². The van der Waals surface area contributed by atoms with Crippen LogP contribution in [0.4, 0.5) is 11.4 Å². The van der Waals surface area contributed by atoms with Crippen LogP contribution in [0.25, 0.3) is 0 Å².